The van der Waals surface area contributed by atoms with Crippen LogP contribution in [0.2, 0.25) is 0 Å². The zero-order valence-electron chi connectivity index (χ0n) is 10.2. The van der Waals surface area contributed by atoms with Crippen molar-refractivity contribution in [3.8, 4) is 11.1 Å². The van der Waals surface area contributed by atoms with Crippen molar-refractivity contribution >= 4 is 11.9 Å². The summed E-state index contributed by atoms with van der Waals surface area (Å²) in [6.45, 7) is 0. The predicted molar refractivity (Wildman–Crippen MR) is 68.0 cm³/mol. The predicted octanol–water partition coefficient (Wildman–Crippen LogP) is 2.23. The SMILES string of the molecule is COC(=O)c1cc(-c2cccc(C(=O)O)c2)ccn1. The molecule has 5 heteroatoms. The lowest BCUT2D eigenvalue weighted by Crippen LogP contribution is -2.04. The third-order valence-electron chi connectivity index (χ3n) is 2.60. The van der Waals surface area contributed by atoms with Crippen LogP contribution in [0.1, 0.15) is 20.8 Å². The Morgan fingerprint density at radius 2 is 1.89 bits per heavy atom. The molecule has 0 radical (unpaired) electrons. The number of rotatable bonds is 3. The van der Waals surface area contributed by atoms with E-state index in [1.807, 2.05) is 0 Å². The molecule has 0 saturated heterocycles. The zero-order valence-corrected chi connectivity index (χ0v) is 10.2. The molecule has 1 N–H and O–H groups in total. The molecule has 1 aromatic heterocycles. The molecule has 0 fully saturated rings. The molecule has 1 heterocycles. The van der Waals surface area contributed by atoms with E-state index in [0.717, 1.165) is 0 Å². The van der Waals surface area contributed by atoms with Gasteiger partial charge in [-0.05, 0) is 35.4 Å². The van der Waals surface area contributed by atoms with Gasteiger partial charge in [-0.1, -0.05) is 12.1 Å². The Morgan fingerprint density at radius 1 is 1.16 bits per heavy atom. The average Bonchev–Trinajstić information content (AvgIpc) is 2.46. The Balaban J connectivity index is 2.44. The number of nitrogens with zero attached hydrogens (tertiary/aromatic N) is 1. The number of hydrogen-bond acceptors (Lipinski definition) is 4. The van der Waals surface area contributed by atoms with Crippen LogP contribution in [0.15, 0.2) is 42.6 Å². The number of carboxylic acid groups (broad SMARTS) is 1. The number of pyridine rings is 1. The summed E-state index contributed by atoms with van der Waals surface area (Å²) in [4.78, 5) is 26.2. The fourth-order valence-corrected chi connectivity index (χ4v) is 1.66. The minimum Gasteiger partial charge on any atom is -0.478 e. The number of esters is 1. The summed E-state index contributed by atoms with van der Waals surface area (Å²) in [6.07, 6.45) is 1.48. The fourth-order valence-electron chi connectivity index (χ4n) is 1.66. The van der Waals surface area contributed by atoms with Gasteiger partial charge in [-0.3, -0.25) is 0 Å². The van der Waals surface area contributed by atoms with Crippen LogP contribution in [0.3, 0.4) is 0 Å². The van der Waals surface area contributed by atoms with Crippen molar-refractivity contribution in [2.75, 3.05) is 7.11 Å². The van der Waals surface area contributed by atoms with Crippen LogP contribution in [0.4, 0.5) is 0 Å². The Kier molecular flexibility index (Phi) is 3.56. The fraction of sp³-hybridized carbons (Fsp3) is 0.0714. The smallest absolute Gasteiger partial charge is 0.356 e. The summed E-state index contributed by atoms with van der Waals surface area (Å²) < 4.78 is 4.59. The summed E-state index contributed by atoms with van der Waals surface area (Å²) in [6, 6.07) is 9.73. The lowest BCUT2D eigenvalue weighted by molar-refractivity contribution is 0.0593. The number of carboxylic acids is 1. The van der Waals surface area contributed by atoms with Crippen molar-refractivity contribution < 1.29 is 19.4 Å². The van der Waals surface area contributed by atoms with E-state index in [0.29, 0.717) is 11.1 Å². The van der Waals surface area contributed by atoms with Crippen LogP contribution in [-0.2, 0) is 4.74 Å². The van der Waals surface area contributed by atoms with Gasteiger partial charge in [0.1, 0.15) is 5.69 Å². The summed E-state index contributed by atoms with van der Waals surface area (Å²) in [5, 5.41) is 8.95. The highest BCUT2D eigenvalue weighted by atomic mass is 16.5. The third-order valence-corrected chi connectivity index (χ3v) is 2.60. The van der Waals surface area contributed by atoms with Crippen molar-refractivity contribution in [2.24, 2.45) is 0 Å². The number of aromatic nitrogens is 1. The number of carbonyl (C=O) groups is 2. The first-order valence-electron chi connectivity index (χ1n) is 5.50. The lowest BCUT2D eigenvalue weighted by Gasteiger charge is -2.04. The van der Waals surface area contributed by atoms with Gasteiger partial charge in [0.15, 0.2) is 0 Å². The number of ether oxygens (including phenoxy) is 1. The lowest BCUT2D eigenvalue weighted by atomic mass is 10.0. The molecule has 19 heavy (non-hydrogen) atoms. The maximum absolute atomic E-state index is 11.4. The van der Waals surface area contributed by atoms with Crippen LogP contribution in [-0.4, -0.2) is 29.1 Å². The van der Waals surface area contributed by atoms with Crippen molar-refractivity contribution in [3.05, 3.63) is 53.9 Å². The molecule has 0 aliphatic rings. The molecule has 96 valence electrons. The van der Waals surface area contributed by atoms with E-state index in [4.69, 9.17) is 5.11 Å². The Bertz CT molecular complexity index is 637. The molecular weight excluding hydrogens is 246 g/mol. The van der Waals surface area contributed by atoms with Crippen molar-refractivity contribution in [1.82, 2.24) is 4.98 Å². The van der Waals surface area contributed by atoms with Crippen LogP contribution >= 0.6 is 0 Å². The van der Waals surface area contributed by atoms with Gasteiger partial charge in [0.25, 0.3) is 0 Å². The Labute approximate surface area is 109 Å². The Hall–Kier alpha value is -2.69. The van der Waals surface area contributed by atoms with Crippen molar-refractivity contribution in [1.29, 1.82) is 0 Å². The van der Waals surface area contributed by atoms with E-state index >= 15 is 0 Å². The molecule has 0 atom stereocenters. The second-order valence-corrected chi connectivity index (χ2v) is 3.81. The van der Waals surface area contributed by atoms with Crippen LogP contribution < -0.4 is 0 Å². The van der Waals surface area contributed by atoms with Gasteiger partial charge in [-0.15, -0.1) is 0 Å². The van der Waals surface area contributed by atoms with E-state index in [1.54, 1.807) is 30.3 Å². The first-order valence-corrected chi connectivity index (χ1v) is 5.50. The number of hydrogen-bond donors (Lipinski definition) is 1. The van der Waals surface area contributed by atoms with Crippen molar-refractivity contribution in [2.45, 2.75) is 0 Å². The van der Waals surface area contributed by atoms with Gasteiger partial charge >= 0.3 is 11.9 Å². The van der Waals surface area contributed by atoms with E-state index in [2.05, 4.69) is 9.72 Å². The van der Waals surface area contributed by atoms with Gasteiger partial charge < -0.3 is 9.84 Å². The van der Waals surface area contributed by atoms with Gasteiger partial charge in [-0.25, -0.2) is 14.6 Å². The molecule has 2 aromatic rings. The molecule has 0 saturated carbocycles. The zero-order chi connectivity index (χ0) is 13.8. The molecule has 2 rings (SSSR count). The molecule has 0 unspecified atom stereocenters. The summed E-state index contributed by atoms with van der Waals surface area (Å²) >= 11 is 0. The second-order valence-electron chi connectivity index (χ2n) is 3.81. The second kappa shape index (κ2) is 5.30. The third kappa shape index (κ3) is 2.77. The maximum atomic E-state index is 11.4. The average molecular weight is 257 g/mol. The molecule has 0 spiro atoms. The maximum Gasteiger partial charge on any atom is 0.356 e. The standard InChI is InChI=1S/C14H11NO4/c1-19-14(18)12-8-10(5-6-15-12)9-3-2-4-11(7-9)13(16)17/h2-8H,1H3,(H,16,17). The quantitative estimate of drug-likeness (QED) is 0.853. The van der Waals surface area contributed by atoms with E-state index < -0.39 is 11.9 Å². The van der Waals surface area contributed by atoms with Gasteiger partial charge in [0.05, 0.1) is 12.7 Å². The van der Waals surface area contributed by atoms with Crippen LogP contribution in [0.25, 0.3) is 11.1 Å². The number of benzene rings is 1. The number of methoxy groups -OCH3 is 1. The highest BCUT2D eigenvalue weighted by Crippen LogP contribution is 2.21. The summed E-state index contributed by atoms with van der Waals surface area (Å²) in [5.41, 5.74) is 1.78. The molecule has 1 aromatic carbocycles. The highest BCUT2D eigenvalue weighted by molar-refractivity contribution is 5.91. The molecular formula is C14H11NO4. The van der Waals surface area contributed by atoms with E-state index in [1.165, 1.54) is 19.4 Å². The highest BCUT2D eigenvalue weighted by Gasteiger charge is 2.09. The minimum atomic E-state index is -0.996. The monoisotopic (exact) mass is 257 g/mol. The Morgan fingerprint density at radius 3 is 2.58 bits per heavy atom. The molecule has 0 aliphatic carbocycles. The largest absolute Gasteiger partial charge is 0.478 e. The summed E-state index contributed by atoms with van der Waals surface area (Å²) in [5.74, 6) is -1.53. The first kappa shape index (κ1) is 12.8. The topological polar surface area (TPSA) is 76.5 Å². The van der Waals surface area contributed by atoms with E-state index in [-0.39, 0.29) is 11.3 Å². The van der Waals surface area contributed by atoms with Gasteiger partial charge in [0.2, 0.25) is 0 Å². The van der Waals surface area contributed by atoms with Gasteiger partial charge in [-0.2, -0.15) is 0 Å². The molecule has 0 amide bonds. The van der Waals surface area contributed by atoms with Crippen molar-refractivity contribution in [3.63, 3.8) is 0 Å². The molecule has 5 nitrogen and oxygen atoms in total. The normalized spacial score (nSPS) is 9.95. The first-order chi connectivity index (χ1) is 9.11. The van der Waals surface area contributed by atoms with Gasteiger partial charge in [0, 0.05) is 6.20 Å². The number of aromatic carboxylic acids is 1. The van der Waals surface area contributed by atoms with E-state index in [9.17, 15) is 9.59 Å². The minimum absolute atomic E-state index is 0.181. The molecule has 0 aliphatic heterocycles. The number of carbonyl (C=O) groups excluding carboxylic acids is 1. The van der Waals surface area contributed by atoms with Crippen LogP contribution in [0, 0.1) is 0 Å². The van der Waals surface area contributed by atoms with Crippen LogP contribution in [0.5, 0.6) is 0 Å². The summed E-state index contributed by atoms with van der Waals surface area (Å²) in [7, 11) is 1.28. The molecule has 0 bridgehead atoms.